The van der Waals surface area contributed by atoms with Gasteiger partial charge in [0.15, 0.2) is 16.6 Å². The second-order valence-corrected chi connectivity index (χ2v) is 6.15. The Morgan fingerprint density at radius 3 is 2.82 bits per heavy atom. The van der Waals surface area contributed by atoms with E-state index in [1.54, 1.807) is 6.92 Å². The van der Waals surface area contributed by atoms with Crippen LogP contribution in [0.3, 0.4) is 0 Å². The fraction of sp³-hybridized carbons (Fsp3) is 0.357. The first-order valence-corrected chi connectivity index (χ1v) is 7.74. The zero-order valence-electron chi connectivity index (χ0n) is 11.9. The van der Waals surface area contributed by atoms with Gasteiger partial charge in [-0.05, 0) is 36.8 Å². The van der Waals surface area contributed by atoms with E-state index in [0.29, 0.717) is 22.3 Å². The van der Waals surface area contributed by atoms with E-state index >= 15 is 0 Å². The maximum Gasteiger partial charge on any atom is 0.316 e. The van der Waals surface area contributed by atoms with Crippen molar-refractivity contribution in [3.63, 3.8) is 0 Å². The third-order valence-electron chi connectivity index (χ3n) is 3.62. The van der Waals surface area contributed by atoms with Crippen LogP contribution in [0.25, 0.3) is 0 Å². The highest BCUT2D eigenvalue weighted by Crippen LogP contribution is 2.41. The summed E-state index contributed by atoms with van der Waals surface area (Å²) in [6.07, 6.45) is 0. The molecular formula is C14H13BrN2O4S. The number of aliphatic imine (C=N–C) groups is 1. The molecule has 0 radical (unpaired) electrons. The van der Waals surface area contributed by atoms with Gasteiger partial charge in [-0.25, -0.2) is 4.99 Å². The zero-order chi connectivity index (χ0) is 15.9. The van der Waals surface area contributed by atoms with Gasteiger partial charge in [0.25, 0.3) is 0 Å². The van der Waals surface area contributed by atoms with Crippen molar-refractivity contribution in [1.82, 2.24) is 5.32 Å². The Bertz CT molecular complexity index is 692. The van der Waals surface area contributed by atoms with Crippen molar-refractivity contribution in [2.75, 3.05) is 13.9 Å². The summed E-state index contributed by atoms with van der Waals surface area (Å²) in [5.41, 5.74) is 1.45. The average molecular weight is 385 g/mol. The summed E-state index contributed by atoms with van der Waals surface area (Å²) in [7, 11) is 1.36. The number of esters is 1. The van der Waals surface area contributed by atoms with Gasteiger partial charge in [0.2, 0.25) is 6.79 Å². The Kier molecular flexibility index (Phi) is 4.05. The summed E-state index contributed by atoms with van der Waals surface area (Å²) in [5.74, 6) is 0.364. The number of carbonyl (C=O) groups is 1. The number of hydrogen-bond acceptors (Lipinski definition) is 5. The quantitative estimate of drug-likeness (QED) is 0.623. The minimum absolute atomic E-state index is 0.183. The van der Waals surface area contributed by atoms with Crippen LogP contribution in [0.2, 0.25) is 0 Å². The van der Waals surface area contributed by atoms with Gasteiger partial charge in [-0.15, -0.1) is 0 Å². The molecule has 2 aliphatic rings. The molecule has 0 fully saturated rings. The van der Waals surface area contributed by atoms with Gasteiger partial charge in [0, 0.05) is 10.2 Å². The summed E-state index contributed by atoms with van der Waals surface area (Å²) >= 11 is 8.67. The normalized spacial score (nSPS) is 22.9. The maximum absolute atomic E-state index is 12.2. The number of fused-ring (bicyclic) bond motifs is 1. The van der Waals surface area contributed by atoms with E-state index in [9.17, 15) is 4.79 Å². The van der Waals surface area contributed by atoms with Crippen LogP contribution < -0.4 is 14.8 Å². The van der Waals surface area contributed by atoms with Crippen LogP contribution in [-0.4, -0.2) is 30.7 Å². The molecule has 0 amide bonds. The predicted molar refractivity (Wildman–Crippen MR) is 87.4 cm³/mol. The maximum atomic E-state index is 12.2. The molecule has 2 unspecified atom stereocenters. The highest BCUT2D eigenvalue weighted by molar-refractivity contribution is 9.10. The highest BCUT2D eigenvalue weighted by Gasteiger charge is 2.38. The Labute approximate surface area is 141 Å². The van der Waals surface area contributed by atoms with E-state index in [1.165, 1.54) is 7.11 Å². The first-order chi connectivity index (χ1) is 10.5. The van der Waals surface area contributed by atoms with Gasteiger partial charge in [-0.2, -0.15) is 0 Å². The van der Waals surface area contributed by atoms with Crippen LogP contribution >= 0.6 is 28.1 Å². The molecule has 8 heteroatoms. The SMILES string of the molecule is COC(=O)C1C(C)=NC(=S)NC1c1cc2c(cc1Br)OCO2. The van der Waals surface area contributed by atoms with Gasteiger partial charge in [-0.3, -0.25) is 4.79 Å². The topological polar surface area (TPSA) is 69.2 Å². The van der Waals surface area contributed by atoms with E-state index in [2.05, 4.69) is 26.2 Å². The number of rotatable bonds is 2. The third-order valence-corrected chi connectivity index (χ3v) is 4.52. The standard InChI is InChI=1S/C14H13BrN2O4S/c1-6-11(13(18)19-2)12(17-14(22)16-6)7-3-9-10(4-8(7)15)21-5-20-9/h3-4,11-12H,5H2,1-2H3,(H,17,22). The zero-order valence-corrected chi connectivity index (χ0v) is 14.3. The van der Waals surface area contributed by atoms with E-state index in [1.807, 2.05) is 12.1 Å². The first kappa shape index (κ1) is 15.2. The number of nitrogens with one attached hydrogen (secondary N) is 1. The van der Waals surface area contributed by atoms with Crippen molar-refractivity contribution < 1.29 is 19.0 Å². The molecule has 1 N–H and O–H groups in total. The van der Waals surface area contributed by atoms with Crippen LogP contribution in [0.4, 0.5) is 0 Å². The van der Waals surface area contributed by atoms with Crippen molar-refractivity contribution in [2.24, 2.45) is 10.9 Å². The fourth-order valence-electron chi connectivity index (χ4n) is 2.58. The van der Waals surface area contributed by atoms with Crippen molar-refractivity contribution in [3.05, 3.63) is 22.2 Å². The van der Waals surface area contributed by atoms with Crippen molar-refractivity contribution in [3.8, 4) is 11.5 Å². The lowest BCUT2D eigenvalue weighted by atomic mass is 9.88. The second-order valence-electron chi connectivity index (χ2n) is 4.91. The molecule has 2 heterocycles. The van der Waals surface area contributed by atoms with Gasteiger partial charge in [0.05, 0.1) is 13.2 Å². The number of thiocarbonyl (C=S) groups is 1. The number of methoxy groups -OCH3 is 1. The second kappa shape index (κ2) is 5.85. The number of nitrogens with zero attached hydrogens (tertiary/aromatic N) is 1. The van der Waals surface area contributed by atoms with Gasteiger partial charge in [0.1, 0.15) is 5.92 Å². The Balaban J connectivity index is 2.07. The van der Waals surface area contributed by atoms with Crippen LogP contribution in [-0.2, 0) is 9.53 Å². The molecule has 1 aromatic carbocycles. The number of carbonyl (C=O) groups excluding carboxylic acids is 1. The minimum atomic E-state index is -0.562. The smallest absolute Gasteiger partial charge is 0.316 e. The Morgan fingerprint density at radius 1 is 1.45 bits per heavy atom. The Hall–Kier alpha value is -1.67. The van der Waals surface area contributed by atoms with Gasteiger partial charge in [-0.1, -0.05) is 15.9 Å². The van der Waals surface area contributed by atoms with E-state index in [0.717, 1.165) is 10.0 Å². The molecule has 6 nitrogen and oxygen atoms in total. The van der Waals surface area contributed by atoms with E-state index < -0.39 is 5.92 Å². The van der Waals surface area contributed by atoms with Crippen molar-refractivity contribution >= 4 is 44.9 Å². The number of halogens is 1. The Morgan fingerprint density at radius 2 is 2.14 bits per heavy atom. The minimum Gasteiger partial charge on any atom is -0.468 e. The van der Waals surface area contributed by atoms with Crippen LogP contribution in [0, 0.1) is 5.92 Å². The third kappa shape index (κ3) is 2.56. The first-order valence-electron chi connectivity index (χ1n) is 6.54. The van der Waals surface area contributed by atoms with Crippen LogP contribution in [0.5, 0.6) is 11.5 Å². The molecule has 1 aromatic rings. The van der Waals surface area contributed by atoms with E-state index in [-0.39, 0.29) is 18.8 Å². The largest absolute Gasteiger partial charge is 0.468 e. The lowest BCUT2D eigenvalue weighted by Crippen LogP contribution is -2.44. The summed E-state index contributed by atoms with van der Waals surface area (Å²) in [5, 5.41) is 3.42. The predicted octanol–water partition coefficient (Wildman–Crippen LogP) is 2.36. The van der Waals surface area contributed by atoms with Crippen molar-refractivity contribution in [2.45, 2.75) is 13.0 Å². The molecule has 0 spiro atoms. The summed E-state index contributed by atoms with van der Waals surface area (Å²) in [6, 6.07) is 3.26. The molecule has 2 atom stereocenters. The summed E-state index contributed by atoms with van der Waals surface area (Å²) < 4.78 is 16.5. The number of ether oxygens (including phenoxy) is 3. The lowest BCUT2D eigenvalue weighted by molar-refractivity contribution is -0.143. The van der Waals surface area contributed by atoms with Crippen LogP contribution in [0.15, 0.2) is 21.6 Å². The molecule has 2 aliphatic heterocycles. The van der Waals surface area contributed by atoms with Gasteiger partial charge < -0.3 is 19.5 Å². The lowest BCUT2D eigenvalue weighted by Gasteiger charge is -2.31. The highest BCUT2D eigenvalue weighted by atomic mass is 79.9. The summed E-state index contributed by atoms with van der Waals surface area (Å²) in [6.45, 7) is 1.95. The molecule has 0 aromatic heterocycles. The number of hydrogen-bond donors (Lipinski definition) is 1. The van der Waals surface area contributed by atoms with Gasteiger partial charge >= 0.3 is 5.97 Å². The molecule has 0 saturated carbocycles. The fourth-order valence-corrected chi connectivity index (χ4v) is 3.42. The molecule has 0 aliphatic carbocycles. The monoisotopic (exact) mass is 384 g/mol. The molecule has 116 valence electrons. The molecule has 22 heavy (non-hydrogen) atoms. The number of benzene rings is 1. The molecular weight excluding hydrogens is 372 g/mol. The van der Waals surface area contributed by atoms with E-state index in [4.69, 9.17) is 26.4 Å². The molecule has 3 rings (SSSR count). The average Bonchev–Trinajstić information content (AvgIpc) is 2.91. The van der Waals surface area contributed by atoms with Crippen LogP contribution in [0.1, 0.15) is 18.5 Å². The molecule has 0 bridgehead atoms. The van der Waals surface area contributed by atoms with Crippen molar-refractivity contribution in [1.29, 1.82) is 0 Å². The molecule has 0 saturated heterocycles. The summed E-state index contributed by atoms with van der Waals surface area (Å²) in [4.78, 5) is 16.3.